The number of hydrogen-bond donors (Lipinski definition) is 1. The highest BCUT2D eigenvalue weighted by Crippen LogP contribution is 2.33. The summed E-state index contributed by atoms with van der Waals surface area (Å²) in [6.07, 6.45) is -1.17. The lowest BCUT2D eigenvalue weighted by Crippen LogP contribution is -2.58. The van der Waals surface area contributed by atoms with Crippen molar-refractivity contribution in [1.82, 2.24) is 15.2 Å². The molecule has 1 aromatic heterocycles. The van der Waals surface area contributed by atoms with Crippen LogP contribution < -0.4 is 5.32 Å². The second kappa shape index (κ2) is 7.19. The summed E-state index contributed by atoms with van der Waals surface area (Å²) in [5, 5.41) is 2.61. The number of pyridine rings is 1. The molecular weight excluding hydrogens is 323 g/mol. The minimum absolute atomic E-state index is 0.159. The van der Waals surface area contributed by atoms with E-state index >= 15 is 0 Å². The Bertz CT molecular complexity index is 619. The quantitative estimate of drug-likeness (QED) is 0.916. The van der Waals surface area contributed by atoms with Crippen molar-refractivity contribution >= 4 is 11.8 Å². The maximum atomic E-state index is 13.3. The van der Waals surface area contributed by atoms with Crippen LogP contribution in [-0.4, -0.2) is 46.5 Å². The predicted molar refractivity (Wildman–Crippen MR) is 81.3 cm³/mol. The van der Waals surface area contributed by atoms with Gasteiger partial charge in [0.1, 0.15) is 6.04 Å². The summed E-state index contributed by atoms with van der Waals surface area (Å²) in [4.78, 5) is 28.7. The van der Waals surface area contributed by atoms with Crippen molar-refractivity contribution in [3.63, 3.8) is 0 Å². The van der Waals surface area contributed by atoms with Gasteiger partial charge in [0.15, 0.2) is 0 Å². The maximum absolute atomic E-state index is 13.3. The minimum atomic E-state index is -4.50. The second-order valence-electron chi connectivity index (χ2n) is 5.88. The molecule has 1 aromatic rings. The summed E-state index contributed by atoms with van der Waals surface area (Å²) < 4.78 is 40.0. The first-order chi connectivity index (χ1) is 11.2. The average Bonchev–Trinajstić information content (AvgIpc) is 2.52. The lowest BCUT2D eigenvalue weighted by molar-refractivity contribution is -0.184. The van der Waals surface area contributed by atoms with Crippen LogP contribution in [0.2, 0.25) is 0 Å². The summed E-state index contributed by atoms with van der Waals surface area (Å²) in [5.74, 6) is -0.998. The molecular formula is C16H20F3N3O2. The smallest absolute Gasteiger partial charge is 0.352 e. The number of alkyl halides is 3. The van der Waals surface area contributed by atoms with Gasteiger partial charge in [-0.15, -0.1) is 0 Å². The number of carbonyl (C=O) groups is 2. The molecule has 2 heterocycles. The van der Waals surface area contributed by atoms with Crippen LogP contribution in [0.1, 0.15) is 42.6 Å². The van der Waals surface area contributed by atoms with E-state index in [0.29, 0.717) is 12.0 Å². The largest absolute Gasteiger partial charge is 0.408 e. The molecule has 0 bridgehead atoms. The van der Waals surface area contributed by atoms with Crippen molar-refractivity contribution in [2.75, 3.05) is 6.54 Å². The number of aryl methyl sites for hydroxylation is 1. The monoisotopic (exact) mass is 343 g/mol. The predicted octanol–water partition coefficient (Wildman–Crippen LogP) is 2.32. The second-order valence-corrected chi connectivity index (χ2v) is 5.88. The van der Waals surface area contributed by atoms with E-state index in [9.17, 15) is 22.8 Å². The van der Waals surface area contributed by atoms with Gasteiger partial charge in [0.2, 0.25) is 5.91 Å². The number of likely N-dealkylation sites (tertiary alicyclic amines) is 1. The van der Waals surface area contributed by atoms with Gasteiger partial charge < -0.3 is 10.2 Å². The normalized spacial score (nSPS) is 21.5. The first kappa shape index (κ1) is 18.2. The van der Waals surface area contributed by atoms with Crippen LogP contribution in [-0.2, 0) is 11.2 Å². The summed E-state index contributed by atoms with van der Waals surface area (Å²) in [6.45, 7) is 2.96. The fourth-order valence-electron chi connectivity index (χ4n) is 3.01. The van der Waals surface area contributed by atoms with Gasteiger partial charge in [-0.05, 0) is 30.9 Å². The molecule has 2 atom stereocenters. The molecule has 0 aromatic carbocycles. The van der Waals surface area contributed by atoms with Crippen LogP contribution in [0.25, 0.3) is 0 Å². The van der Waals surface area contributed by atoms with E-state index in [1.807, 2.05) is 6.92 Å². The number of hydrogen-bond acceptors (Lipinski definition) is 3. The van der Waals surface area contributed by atoms with Crippen LogP contribution >= 0.6 is 0 Å². The molecule has 1 N–H and O–H groups in total. The standard InChI is InChI=1S/C16H20F3N3O2/c1-3-11-8-20-7-6-13(11)15(24)22-9-12(21-10(2)23)4-5-14(22)16(17,18)19/h6-8,12,14H,3-5,9H2,1-2H3,(H,21,23). The van der Waals surface area contributed by atoms with Crippen LogP contribution in [0.15, 0.2) is 18.5 Å². The van der Waals surface area contributed by atoms with Crippen LogP contribution in [0.3, 0.4) is 0 Å². The summed E-state index contributed by atoms with van der Waals surface area (Å²) in [5.41, 5.74) is 0.829. The maximum Gasteiger partial charge on any atom is 0.408 e. The number of carbonyl (C=O) groups excluding carboxylic acids is 2. The van der Waals surface area contributed by atoms with E-state index < -0.39 is 24.2 Å². The number of halogens is 3. The van der Waals surface area contributed by atoms with Gasteiger partial charge >= 0.3 is 6.18 Å². The molecule has 132 valence electrons. The third kappa shape index (κ3) is 4.04. The van der Waals surface area contributed by atoms with E-state index in [1.54, 1.807) is 0 Å². The molecule has 24 heavy (non-hydrogen) atoms. The minimum Gasteiger partial charge on any atom is -0.352 e. The first-order valence-corrected chi connectivity index (χ1v) is 7.81. The van der Waals surface area contributed by atoms with E-state index in [-0.39, 0.29) is 30.9 Å². The molecule has 2 unspecified atom stereocenters. The SMILES string of the molecule is CCc1cnccc1C(=O)N1CC(NC(C)=O)CCC1C(F)(F)F. The highest BCUT2D eigenvalue weighted by atomic mass is 19.4. The van der Waals surface area contributed by atoms with E-state index in [0.717, 1.165) is 4.90 Å². The highest BCUT2D eigenvalue weighted by molar-refractivity contribution is 5.96. The van der Waals surface area contributed by atoms with Crippen LogP contribution in [0.4, 0.5) is 13.2 Å². The van der Waals surface area contributed by atoms with Crippen LogP contribution in [0.5, 0.6) is 0 Å². The molecule has 1 saturated heterocycles. The average molecular weight is 343 g/mol. The number of aromatic nitrogens is 1. The highest BCUT2D eigenvalue weighted by Gasteiger charge is 2.48. The molecule has 0 aliphatic carbocycles. The van der Waals surface area contributed by atoms with Crippen molar-refractivity contribution in [3.8, 4) is 0 Å². The zero-order chi connectivity index (χ0) is 17.9. The Morgan fingerprint density at radius 1 is 1.38 bits per heavy atom. The Morgan fingerprint density at radius 3 is 2.67 bits per heavy atom. The Morgan fingerprint density at radius 2 is 2.08 bits per heavy atom. The third-order valence-corrected chi connectivity index (χ3v) is 4.14. The molecule has 0 radical (unpaired) electrons. The molecule has 8 heteroatoms. The topological polar surface area (TPSA) is 62.3 Å². The van der Waals surface area contributed by atoms with E-state index in [2.05, 4.69) is 10.3 Å². The van der Waals surface area contributed by atoms with Crippen LogP contribution in [0, 0.1) is 0 Å². The number of piperidine rings is 1. The zero-order valence-corrected chi connectivity index (χ0v) is 13.6. The lowest BCUT2D eigenvalue weighted by atomic mass is 9.95. The van der Waals surface area contributed by atoms with E-state index in [1.165, 1.54) is 25.4 Å². The van der Waals surface area contributed by atoms with Gasteiger partial charge in [0, 0.05) is 37.5 Å². The first-order valence-electron chi connectivity index (χ1n) is 7.81. The third-order valence-electron chi connectivity index (χ3n) is 4.14. The van der Waals surface area contributed by atoms with Gasteiger partial charge in [0.05, 0.1) is 0 Å². The van der Waals surface area contributed by atoms with Crippen molar-refractivity contribution in [3.05, 3.63) is 29.6 Å². The summed E-state index contributed by atoms with van der Waals surface area (Å²) in [7, 11) is 0. The molecule has 5 nitrogen and oxygen atoms in total. The van der Waals surface area contributed by atoms with E-state index in [4.69, 9.17) is 0 Å². The molecule has 0 spiro atoms. The Labute approximate surface area is 138 Å². The molecule has 2 rings (SSSR count). The zero-order valence-electron chi connectivity index (χ0n) is 13.6. The molecule has 2 amide bonds. The Hall–Kier alpha value is -2.12. The number of rotatable bonds is 3. The summed E-state index contributed by atoms with van der Waals surface area (Å²) >= 11 is 0. The fraction of sp³-hybridized carbons (Fsp3) is 0.562. The van der Waals surface area contributed by atoms with Gasteiger partial charge in [0.25, 0.3) is 5.91 Å². The van der Waals surface area contributed by atoms with Gasteiger partial charge in [-0.1, -0.05) is 6.92 Å². The van der Waals surface area contributed by atoms with Gasteiger partial charge in [-0.3, -0.25) is 14.6 Å². The molecule has 1 aliphatic heterocycles. The van der Waals surface area contributed by atoms with Gasteiger partial charge in [-0.2, -0.15) is 13.2 Å². The van der Waals surface area contributed by atoms with Crippen molar-refractivity contribution in [2.45, 2.75) is 51.4 Å². The number of amides is 2. The lowest BCUT2D eigenvalue weighted by Gasteiger charge is -2.40. The fourth-order valence-corrected chi connectivity index (χ4v) is 3.01. The molecule has 0 saturated carbocycles. The Kier molecular flexibility index (Phi) is 5.46. The number of nitrogens with zero attached hydrogens (tertiary/aromatic N) is 2. The van der Waals surface area contributed by atoms with Gasteiger partial charge in [-0.25, -0.2) is 0 Å². The Balaban J connectivity index is 2.32. The number of nitrogens with one attached hydrogen (secondary N) is 1. The van der Waals surface area contributed by atoms with Crippen molar-refractivity contribution in [1.29, 1.82) is 0 Å². The van der Waals surface area contributed by atoms with Crippen molar-refractivity contribution in [2.24, 2.45) is 0 Å². The molecule has 1 fully saturated rings. The van der Waals surface area contributed by atoms with Crippen molar-refractivity contribution < 1.29 is 22.8 Å². The molecule has 1 aliphatic rings. The summed E-state index contributed by atoms with van der Waals surface area (Å²) in [6, 6.07) is -0.874.